The average Bonchev–Trinajstić information content (AvgIpc) is 2.86. The first-order valence-electron chi connectivity index (χ1n) is 6.59. The molecule has 0 amide bonds. The number of rotatable bonds is 6. The fourth-order valence-electron chi connectivity index (χ4n) is 1.86. The van der Waals surface area contributed by atoms with Crippen LogP contribution in [-0.2, 0) is 19.1 Å². The molecule has 0 spiro atoms. The third-order valence-corrected chi connectivity index (χ3v) is 2.71. The van der Waals surface area contributed by atoms with Crippen molar-refractivity contribution in [3.8, 4) is 6.07 Å². The number of hydrogen-bond donors (Lipinski definition) is 1. The fourth-order valence-corrected chi connectivity index (χ4v) is 1.86. The van der Waals surface area contributed by atoms with E-state index in [1.165, 1.54) is 0 Å². The van der Waals surface area contributed by atoms with Crippen molar-refractivity contribution in [3.63, 3.8) is 0 Å². The lowest BCUT2D eigenvalue weighted by Crippen LogP contribution is -2.27. The van der Waals surface area contributed by atoms with Crippen LogP contribution >= 0.6 is 0 Å². The smallest absolute Gasteiger partial charge is 0.352 e. The predicted molar refractivity (Wildman–Crippen MR) is 70.1 cm³/mol. The van der Waals surface area contributed by atoms with E-state index in [1.807, 2.05) is 6.07 Å². The Morgan fingerprint density at radius 2 is 2.05 bits per heavy atom. The largest absolute Gasteiger partial charge is 0.466 e. The molecule has 1 N–H and O–H groups in total. The molecule has 0 saturated carbocycles. The first-order chi connectivity index (χ1) is 9.63. The van der Waals surface area contributed by atoms with Gasteiger partial charge in [-0.3, -0.25) is 4.79 Å². The first kappa shape index (κ1) is 15.8. The Kier molecular flexibility index (Phi) is 6.37. The number of esters is 2. The number of carbonyl (C=O) groups excluding carboxylic acids is 2. The van der Waals surface area contributed by atoms with Gasteiger partial charge in [0.1, 0.15) is 11.9 Å². The van der Waals surface area contributed by atoms with Crippen LogP contribution in [0.5, 0.6) is 0 Å². The maximum atomic E-state index is 11.7. The second kappa shape index (κ2) is 8.04. The molecule has 110 valence electrons. The van der Waals surface area contributed by atoms with Gasteiger partial charge < -0.3 is 19.7 Å². The average molecular weight is 281 g/mol. The molecular weight excluding hydrogens is 262 g/mol. The molecule has 1 aliphatic rings. The normalized spacial score (nSPS) is 16.1. The van der Waals surface area contributed by atoms with Crippen molar-refractivity contribution in [2.45, 2.75) is 20.3 Å². The van der Waals surface area contributed by atoms with E-state index < -0.39 is 5.97 Å². The topological polar surface area (TPSA) is 91.7 Å². The molecule has 0 aromatic heterocycles. The van der Waals surface area contributed by atoms with Gasteiger partial charge in [0.2, 0.25) is 0 Å². The summed E-state index contributed by atoms with van der Waals surface area (Å²) in [6, 6.07) is 1.86. The monoisotopic (exact) mass is 281 g/mol. The van der Waals surface area contributed by atoms with Crippen molar-refractivity contribution >= 4 is 11.9 Å². The molecule has 0 unspecified atom stereocenters. The SMILES string of the molecule is CCOC(=O)CCN1CCNC1=C(C#N)C(=O)OCC. The highest BCUT2D eigenvalue weighted by Crippen LogP contribution is 2.14. The second-order valence-electron chi connectivity index (χ2n) is 4.02. The molecule has 1 aliphatic heterocycles. The van der Waals surface area contributed by atoms with E-state index in [9.17, 15) is 9.59 Å². The number of nitriles is 1. The molecule has 20 heavy (non-hydrogen) atoms. The number of nitrogens with zero attached hydrogens (tertiary/aromatic N) is 2. The van der Waals surface area contributed by atoms with Crippen molar-refractivity contribution in [2.75, 3.05) is 32.8 Å². The standard InChI is InChI=1S/C13H19N3O4/c1-3-19-11(17)5-7-16-8-6-15-12(16)10(9-14)13(18)20-4-2/h15H,3-8H2,1-2H3. The van der Waals surface area contributed by atoms with E-state index in [0.29, 0.717) is 32.1 Å². The van der Waals surface area contributed by atoms with Crippen molar-refractivity contribution in [3.05, 3.63) is 11.4 Å². The van der Waals surface area contributed by atoms with E-state index in [0.717, 1.165) is 0 Å². The van der Waals surface area contributed by atoms with Crippen LogP contribution in [0.15, 0.2) is 11.4 Å². The molecule has 0 radical (unpaired) electrons. The van der Waals surface area contributed by atoms with Crippen LogP contribution in [0.4, 0.5) is 0 Å². The summed E-state index contributed by atoms with van der Waals surface area (Å²) < 4.78 is 9.69. The summed E-state index contributed by atoms with van der Waals surface area (Å²) in [5, 5.41) is 12.1. The highest BCUT2D eigenvalue weighted by atomic mass is 16.5. The third-order valence-electron chi connectivity index (χ3n) is 2.71. The van der Waals surface area contributed by atoms with Gasteiger partial charge in [-0.15, -0.1) is 0 Å². The number of hydrogen-bond acceptors (Lipinski definition) is 7. The highest BCUT2D eigenvalue weighted by Gasteiger charge is 2.25. The van der Waals surface area contributed by atoms with Crippen molar-refractivity contribution in [1.29, 1.82) is 5.26 Å². The molecule has 0 atom stereocenters. The Balaban J connectivity index is 2.74. The quantitative estimate of drug-likeness (QED) is 0.420. The van der Waals surface area contributed by atoms with Gasteiger partial charge in [-0.1, -0.05) is 0 Å². The molecule has 1 saturated heterocycles. The van der Waals surface area contributed by atoms with Gasteiger partial charge in [0.15, 0.2) is 5.57 Å². The van der Waals surface area contributed by atoms with E-state index in [-0.39, 0.29) is 24.6 Å². The molecule has 0 aromatic carbocycles. The Hall–Kier alpha value is -2.23. The molecule has 1 heterocycles. The molecule has 7 heteroatoms. The third kappa shape index (κ3) is 4.16. The Bertz CT molecular complexity index is 439. The maximum Gasteiger partial charge on any atom is 0.352 e. The van der Waals surface area contributed by atoms with Gasteiger partial charge in [0.25, 0.3) is 0 Å². The maximum absolute atomic E-state index is 11.7. The summed E-state index contributed by atoms with van der Waals surface area (Å²) in [4.78, 5) is 24.8. The van der Waals surface area contributed by atoms with Gasteiger partial charge in [-0.05, 0) is 13.8 Å². The molecule has 0 aromatic rings. The Labute approximate surface area is 118 Å². The second-order valence-corrected chi connectivity index (χ2v) is 4.02. The molecule has 7 nitrogen and oxygen atoms in total. The minimum atomic E-state index is -0.652. The lowest BCUT2D eigenvalue weighted by molar-refractivity contribution is -0.143. The summed E-state index contributed by atoms with van der Waals surface area (Å²) in [6.07, 6.45) is 0.209. The minimum Gasteiger partial charge on any atom is -0.466 e. The van der Waals surface area contributed by atoms with Crippen LogP contribution in [0.2, 0.25) is 0 Å². The molecule has 0 bridgehead atoms. The van der Waals surface area contributed by atoms with E-state index in [1.54, 1.807) is 18.7 Å². The van der Waals surface area contributed by atoms with Crippen molar-refractivity contribution in [2.24, 2.45) is 0 Å². The number of nitrogens with one attached hydrogen (secondary N) is 1. The molecule has 1 rings (SSSR count). The summed E-state index contributed by atoms with van der Waals surface area (Å²) in [7, 11) is 0. The Morgan fingerprint density at radius 3 is 2.65 bits per heavy atom. The van der Waals surface area contributed by atoms with E-state index in [2.05, 4.69) is 5.32 Å². The lowest BCUT2D eigenvalue weighted by atomic mass is 10.2. The zero-order valence-corrected chi connectivity index (χ0v) is 11.8. The van der Waals surface area contributed by atoms with Crippen LogP contribution in [0, 0.1) is 11.3 Å². The fraction of sp³-hybridized carbons (Fsp3) is 0.615. The number of ether oxygens (including phenoxy) is 2. The van der Waals surface area contributed by atoms with Gasteiger partial charge in [0.05, 0.1) is 19.6 Å². The summed E-state index contributed by atoms with van der Waals surface area (Å²) in [5.41, 5.74) is -0.0618. The van der Waals surface area contributed by atoms with Crippen molar-refractivity contribution < 1.29 is 19.1 Å². The lowest BCUT2D eigenvalue weighted by Gasteiger charge is -2.19. The van der Waals surface area contributed by atoms with Crippen LogP contribution in [0.1, 0.15) is 20.3 Å². The first-order valence-corrected chi connectivity index (χ1v) is 6.59. The molecular formula is C13H19N3O4. The van der Waals surface area contributed by atoms with Gasteiger partial charge in [-0.25, -0.2) is 4.79 Å². The van der Waals surface area contributed by atoms with Crippen LogP contribution in [-0.4, -0.2) is 49.7 Å². The van der Waals surface area contributed by atoms with E-state index in [4.69, 9.17) is 14.7 Å². The zero-order chi connectivity index (χ0) is 15.0. The summed E-state index contributed by atoms with van der Waals surface area (Å²) >= 11 is 0. The zero-order valence-electron chi connectivity index (χ0n) is 11.8. The van der Waals surface area contributed by atoms with Crippen LogP contribution < -0.4 is 5.32 Å². The Morgan fingerprint density at radius 1 is 1.35 bits per heavy atom. The van der Waals surface area contributed by atoms with Gasteiger partial charge in [0, 0.05) is 19.6 Å². The summed E-state index contributed by atoms with van der Waals surface area (Å²) in [5.74, 6) is -0.524. The predicted octanol–water partition coefficient (Wildman–Crippen LogP) is 0.143. The van der Waals surface area contributed by atoms with Crippen molar-refractivity contribution in [1.82, 2.24) is 10.2 Å². The van der Waals surface area contributed by atoms with Crippen LogP contribution in [0.3, 0.4) is 0 Å². The minimum absolute atomic E-state index is 0.0618. The van der Waals surface area contributed by atoms with Gasteiger partial charge >= 0.3 is 11.9 Å². The highest BCUT2D eigenvalue weighted by molar-refractivity contribution is 5.93. The molecule has 0 aliphatic carbocycles. The van der Waals surface area contributed by atoms with E-state index >= 15 is 0 Å². The van der Waals surface area contributed by atoms with Gasteiger partial charge in [-0.2, -0.15) is 5.26 Å². The molecule has 1 fully saturated rings. The summed E-state index contributed by atoms with van der Waals surface area (Å²) in [6.45, 7) is 5.60. The number of carbonyl (C=O) groups is 2. The van der Waals surface area contributed by atoms with Crippen LogP contribution in [0.25, 0.3) is 0 Å².